The molecule has 0 aliphatic rings. The van der Waals surface area contributed by atoms with Crippen LogP contribution in [0.5, 0.6) is 11.5 Å². The number of carboxylic acid groups (broad SMARTS) is 1. The fraction of sp³-hybridized carbons (Fsp3) is 0.0556. The summed E-state index contributed by atoms with van der Waals surface area (Å²) >= 11 is 10.0. The number of aromatic nitrogens is 3. The Kier molecular flexibility index (Phi) is 6.28. The van der Waals surface area contributed by atoms with Crippen molar-refractivity contribution in [2.45, 2.75) is 5.16 Å². The quantitative estimate of drug-likeness (QED) is 0.341. The van der Waals surface area contributed by atoms with E-state index in [1.165, 1.54) is 13.2 Å². The van der Waals surface area contributed by atoms with Gasteiger partial charge in [-0.15, -0.1) is 5.10 Å². The van der Waals surface area contributed by atoms with Gasteiger partial charge in [-0.05, 0) is 54.2 Å². The van der Waals surface area contributed by atoms with Gasteiger partial charge in [0.15, 0.2) is 17.3 Å². The number of carbonyl (C=O) groups is 1. The number of aliphatic carboxylic acids is 1. The van der Waals surface area contributed by atoms with Crippen molar-refractivity contribution < 1.29 is 19.7 Å². The summed E-state index contributed by atoms with van der Waals surface area (Å²) in [7, 11) is 1.41. The summed E-state index contributed by atoms with van der Waals surface area (Å²) in [4.78, 5) is 15.9. The molecule has 0 radical (unpaired) electrons. The Morgan fingerprint density at radius 2 is 2.04 bits per heavy atom. The number of ether oxygens (including phenoxy) is 1. The highest BCUT2D eigenvalue weighted by atomic mass is 79.9. The number of phenolic OH excluding ortho intramolecular Hbond substituents is 1. The first-order valence-corrected chi connectivity index (χ1v) is 9.74. The number of halogens is 2. The van der Waals surface area contributed by atoms with Crippen LogP contribution in [0.1, 0.15) is 5.56 Å². The topological polar surface area (TPSA) is 108 Å². The van der Waals surface area contributed by atoms with Crippen LogP contribution < -0.4 is 4.74 Å². The van der Waals surface area contributed by atoms with Gasteiger partial charge in [-0.25, -0.2) is 9.78 Å². The maximum Gasteiger partial charge on any atom is 0.342 e. The number of phenols is 1. The van der Waals surface area contributed by atoms with E-state index < -0.39 is 5.97 Å². The van der Waals surface area contributed by atoms with Crippen LogP contribution >= 0.6 is 39.3 Å². The minimum absolute atomic E-state index is 0.0721. The highest BCUT2D eigenvalue weighted by molar-refractivity contribution is 9.10. The molecule has 0 bridgehead atoms. The lowest BCUT2D eigenvalue weighted by Gasteiger charge is -2.08. The van der Waals surface area contributed by atoms with Crippen molar-refractivity contribution in [3.05, 3.63) is 56.4 Å². The van der Waals surface area contributed by atoms with Crippen LogP contribution in [0.3, 0.4) is 0 Å². The van der Waals surface area contributed by atoms with Gasteiger partial charge in [-0.1, -0.05) is 27.5 Å². The first-order valence-electron chi connectivity index (χ1n) is 7.75. The van der Waals surface area contributed by atoms with Gasteiger partial charge in [-0.2, -0.15) is 0 Å². The number of rotatable bonds is 6. The van der Waals surface area contributed by atoms with Gasteiger partial charge in [0, 0.05) is 20.6 Å². The fourth-order valence-corrected chi connectivity index (χ4v) is 3.54. The van der Waals surface area contributed by atoms with Gasteiger partial charge in [0.2, 0.25) is 5.16 Å². The summed E-state index contributed by atoms with van der Waals surface area (Å²) in [6, 6.07) is 10.1. The van der Waals surface area contributed by atoms with Crippen molar-refractivity contribution in [3.8, 4) is 22.9 Å². The SMILES string of the molecule is COc1cc(Br)cc(/C=C(\Sc2n[nH]c(-c3ccc(Cl)cc3)n2)C(=O)O)c1O. The molecule has 0 spiro atoms. The van der Waals surface area contributed by atoms with Crippen LogP contribution in [0.4, 0.5) is 0 Å². The minimum atomic E-state index is -1.18. The Bertz CT molecular complexity index is 1050. The number of benzene rings is 2. The third-order valence-electron chi connectivity index (χ3n) is 3.57. The minimum Gasteiger partial charge on any atom is -0.504 e. The van der Waals surface area contributed by atoms with Crippen molar-refractivity contribution >= 4 is 51.3 Å². The molecule has 0 amide bonds. The zero-order valence-corrected chi connectivity index (χ0v) is 17.5. The van der Waals surface area contributed by atoms with E-state index in [9.17, 15) is 15.0 Å². The van der Waals surface area contributed by atoms with E-state index in [0.29, 0.717) is 15.3 Å². The van der Waals surface area contributed by atoms with Crippen molar-refractivity contribution in [2.75, 3.05) is 7.11 Å². The number of aromatic amines is 1. The number of H-pyrrole nitrogens is 1. The summed E-state index contributed by atoms with van der Waals surface area (Å²) < 4.78 is 5.72. The van der Waals surface area contributed by atoms with E-state index in [2.05, 4.69) is 31.1 Å². The predicted molar refractivity (Wildman–Crippen MR) is 111 cm³/mol. The van der Waals surface area contributed by atoms with Crippen molar-refractivity contribution in [1.82, 2.24) is 15.2 Å². The molecule has 3 N–H and O–H groups in total. The van der Waals surface area contributed by atoms with Crippen LogP contribution in [-0.4, -0.2) is 38.5 Å². The van der Waals surface area contributed by atoms with Crippen LogP contribution in [0.15, 0.2) is 50.9 Å². The molecular formula is C18H13BrClN3O4S. The first-order chi connectivity index (χ1) is 13.4. The van der Waals surface area contributed by atoms with Crippen LogP contribution in [0, 0.1) is 0 Å². The highest BCUT2D eigenvalue weighted by Gasteiger charge is 2.17. The second-order valence-electron chi connectivity index (χ2n) is 5.44. The monoisotopic (exact) mass is 481 g/mol. The number of methoxy groups -OCH3 is 1. The lowest BCUT2D eigenvalue weighted by molar-refractivity contribution is -0.131. The van der Waals surface area contributed by atoms with Crippen molar-refractivity contribution in [2.24, 2.45) is 0 Å². The molecule has 0 saturated heterocycles. The molecule has 7 nitrogen and oxygen atoms in total. The number of nitrogens with one attached hydrogen (secondary N) is 1. The van der Waals surface area contributed by atoms with Gasteiger partial charge >= 0.3 is 5.97 Å². The largest absolute Gasteiger partial charge is 0.504 e. The van der Waals surface area contributed by atoms with E-state index in [-0.39, 0.29) is 27.1 Å². The number of hydrogen-bond donors (Lipinski definition) is 3. The van der Waals surface area contributed by atoms with Crippen LogP contribution in [0.2, 0.25) is 5.02 Å². The molecule has 2 aromatic carbocycles. The molecule has 1 heterocycles. The van der Waals surface area contributed by atoms with E-state index in [0.717, 1.165) is 17.3 Å². The Balaban J connectivity index is 1.91. The molecule has 3 rings (SSSR count). The summed E-state index contributed by atoms with van der Waals surface area (Å²) in [5.74, 6) is -0.641. The van der Waals surface area contributed by atoms with Crippen molar-refractivity contribution in [1.29, 1.82) is 0 Å². The predicted octanol–water partition coefficient (Wildman–Crippen LogP) is 4.82. The van der Waals surface area contributed by atoms with Crippen LogP contribution in [0.25, 0.3) is 17.5 Å². The number of thioether (sulfide) groups is 1. The molecule has 10 heteroatoms. The average molecular weight is 483 g/mol. The van der Waals surface area contributed by atoms with E-state index in [1.54, 1.807) is 36.4 Å². The van der Waals surface area contributed by atoms with Crippen LogP contribution in [-0.2, 0) is 4.79 Å². The van der Waals surface area contributed by atoms with Gasteiger partial charge in [0.25, 0.3) is 0 Å². The van der Waals surface area contributed by atoms with E-state index >= 15 is 0 Å². The fourth-order valence-electron chi connectivity index (χ4n) is 2.26. The molecule has 3 aromatic rings. The molecule has 0 aliphatic carbocycles. The molecule has 0 unspecified atom stereocenters. The van der Waals surface area contributed by atoms with E-state index in [1.807, 2.05) is 0 Å². The number of nitrogens with zero attached hydrogens (tertiary/aromatic N) is 2. The Morgan fingerprint density at radius 1 is 1.32 bits per heavy atom. The Hall–Kier alpha value is -2.49. The first kappa shape index (κ1) is 20.2. The molecule has 0 fully saturated rings. The lowest BCUT2D eigenvalue weighted by Crippen LogP contribution is -1.97. The summed E-state index contributed by atoms with van der Waals surface area (Å²) in [5.41, 5.74) is 1.04. The standard InChI is InChI=1S/C18H13BrClN3O4S/c1-27-13-8-11(19)6-10(15(13)24)7-14(17(25)26)28-18-21-16(22-23-18)9-2-4-12(20)5-3-9/h2-8,24H,1H3,(H,25,26)(H,21,22,23)/b14-7-. The highest BCUT2D eigenvalue weighted by Crippen LogP contribution is 2.37. The number of carboxylic acids is 1. The molecule has 28 heavy (non-hydrogen) atoms. The van der Waals surface area contributed by atoms with Gasteiger partial charge in [0.1, 0.15) is 4.91 Å². The third kappa shape index (κ3) is 4.67. The molecule has 0 atom stereocenters. The van der Waals surface area contributed by atoms with Gasteiger partial charge in [0.05, 0.1) is 7.11 Å². The number of hydrogen-bond acceptors (Lipinski definition) is 6. The zero-order chi connectivity index (χ0) is 20.3. The lowest BCUT2D eigenvalue weighted by atomic mass is 10.1. The summed E-state index contributed by atoms with van der Waals surface area (Å²) in [5, 5.41) is 27.4. The smallest absolute Gasteiger partial charge is 0.342 e. The van der Waals surface area contributed by atoms with Crippen molar-refractivity contribution in [3.63, 3.8) is 0 Å². The Morgan fingerprint density at radius 3 is 2.68 bits per heavy atom. The second kappa shape index (κ2) is 8.68. The van der Waals surface area contributed by atoms with E-state index in [4.69, 9.17) is 16.3 Å². The van der Waals surface area contributed by atoms with Gasteiger partial charge < -0.3 is 14.9 Å². The number of aromatic hydroxyl groups is 1. The molecular weight excluding hydrogens is 470 g/mol. The maximum absolute atomic E-state index is 11.7. The zero-order valence-electron chi connectivity index (χ0n) is 14.3. The molecule has 144 valence electrons. The summed E-state index contributed by atoms with van der Waals surface area (Å²) in [6.07, 6.45) is 1.33. The molecule has 0 saturated carbocycles. The van der Waals surface area contributed by atoms with Gasteiger partial charge in [-0.3, -0.25) is 5.10 Å². The average Bonchev–Trinajstić information content (AvgIpc) is 3.12. The maximum atomic E-state index is 11.7. The normalized spacial score (nSPS) is 11.5. The summed E-state index contributed by atoms with van der Waals surface area (Å²) in [6.45, 7) is 0. The Labute approximate surface area is 177 Å². The molecule has 0 aliphatic heterocycles. The molecule has 1 aromatic heterocycles. The second-order valence-corrected chi connectivity index (χ2v) is 7.80. The third-order valence-corrected chi connectivity index (χ3v) is 5.16.